The van der Waals surface area contributed by atoms with Gasteiger partial charge in [-0.1, -0.05) is 24.5 Å². The normalized spacial score (nSPS) is 13.5. The highest BCUT2D eigenvalue weighted by atomic mass is 32.1. The third kappa shape index (κ3) is 7.36. The summed E-state index contributed by atoms with van der Waals surface area (Å²) in [5.74, 6) is -1.34. The van der Waals surface area contributed by atoms with E-state index in [0.29, 0.717) is 22.1 Å². The Hall–Kier alpha value is -3.31. The van der Waals surface area contributed by atoms with Crippen LogP contribution in [0, 0.1) is 12.8 Å². The number of carbonyl (C=O) groups is 4. The van der Waals surface area contributed by atoms with Gasteiger partial charge < -0.3 is 15.7 Å². The number of aromatic nitrogens is 1. The molecule has 0 atom stereocenters. The molecule has 5 N–H and O–H groups in total. The molecule has 3 rings (SSSR count). The fourth-order valence-electron chi connectivity index (χ4n) is 3.61. The molecule has 1 heterocycles. The van der Waals surface area contributed by atoms with Crippen molar-refractivity contribution >= 4 is 45.8 Å². The quantitative estimate of drug-likeness (QED) is 0.333. The fraction of sp³-hybridized carbons (Fsp3) is 0.409. The molecule has 2 aromatic rings. The second kappa shape index (κ2) is 11.5. The lowest BCUT2D eigenvalue weighted by Gasteiger charge is -2.14. The average Bonchev–Trinajstić information content (AvgIpc) is 3.45. The molecule has 1 fully saturated rings. The van der Waals surface area contributed by atoms with Gasteiger partial charge in [0.05, 0.1) is 31.0 Å². The number of benzene rings is 1. The van der Waals surface area contributed by atoms with Crippen LogP contribution in [0.2, 0.25) is 0 Å². The van der Waals surface area contributed by atoms with Crippen LogP contribution in [0.4, 0.5) is 15.6 Å². The maximum Gasteiger partial charge on any atom is 0.325 e. The van der Waals surface area contributed by atoms with Gasteiger partial charge in [0.25, 0.3) is 0 Å². The minimum atomic E-state index is -1.04. The third-order valence-electron chi connectivity index (χ3n) is 5.22. The van der Waals surface area contributed by atoms with E-state index in [1.165, 1.54) is 11.3 Å². The summed E-state index contributed by atoms with van der Waals surface area (Å²) in [6.45, 7) is 1.63. The van der Waals surface area contributed by atoms with Gasteiger partial charge in [-0.3, -0.25) is 25.0 Å². The standard InChI is InChI=1S/C22H27N5O5S/c1-13-6-7-17(16(8-13)20(31)14-4-2-3-5-14)26-21(32)27-22-25-15(12-33-22)9-24-18(28)10-23-11-19(29)30/h6-8,12,14,23H,2-5,9-11H2,1H3,(H,24,28)(H,29,30)(H2,25,26,27,32). The summed E-state index contributed by atoms with van der Waals surface area (Å²) in [5, 5.41) is 21.1. The highest BCUT2D eigenvalue weighted by Crippen LogP contribution is 2.31. The molecule has 176 valence electrons. The van der Waals surface area contributed by atoms with E-state index in [4.69, 9.17) is 5.11 Å². The van der Waals surface area contributed by atoms with Gasteiger partial charge in [0, 0.05) is 16.9 Å². The number of amides is 3. The first-order valence-electron chi connectivity index (χ1n) is 10.7. The van der Waals surface area contributed by atoms with E-state index in [-0.39, 0.29) is 37.2 Å². The lowest BCUT2D eigenvalue weighted by molar-refractivity contribution is -0.136. The van der Waals surface area contributed by atoms with Crippen LogP contribution in [0.1, 0.15) is 47.3 Å². The molecule has 3 amide bonds. The predicted molar refractivity (Wildman–Crippen MR) is 125 cm³/mol. The largest absolute Gasteiger partial charge is 0.480 e. The molecule has 11 heteroatoms. The molecule has 1 aromatic carbocycles. The van der Waals surface area contributed by atoms with E-state index in [1.54, 1.807) is 11.4 Å². The van der Waals surface area contributed by atoms with Gasteiger partial charge in [-0.2, -0.15) is 0 Å². The van der Waals surface area contributed by atoms with Crippen molar-refractivity contribution in [2.24, 2.45) is 5.92 Å². The molecule has 1 aromatic heterocycles. The zero-order chi connectivity index (χ0) is 23.8. The third-order valence-corrected chi connectivity index (χ3v) is 6.02. The summed E-state index contributed by atoms with van der Waals surface area (Å²) in [6.07, 6.45) is 3.87. The lowest BCUT2D eigenvalue weighted by atomic mass is 9.94. The van der Waals surface area contributed by atoms with Crippen LogP contribution in [0.25, 0.3) is 0 Å². The highest BCUT2D eigenvalue weighted by Gasteiger charge is 2.26. The van der Waals surface area contributed by atoms with Crippen LogP contribution in [-0.2, 0) is 16.1 Å². The number of nitrogens with zero attached hydrogens (tertiary/aromatic N) is 1. The van der Waals surface area contributed by atoms with Crippen LogP contribution in [0.3, 0.4) is 0 Å². The summed E-state index contributed by atoms with van der Waals surface area (Å²) < 4.78 is 0. The van der Waals surface area contributed by atoms with E-state index in [0.717, 1.165) is 31.2 Å². The minimum Gasteiger partial charge on any atom is -0.480 e. The molecule has 0 radical (unpaired) electrons. The van der Waals surface area contributed by atoms with E-state index in [2.05, 4.69) is 26.3 Å². The number of carboxylic acids is 1. The Morgan fingerprint density at radius 1 is 1.12 bits per heavy atom. The number of thiazole rings is 1. The number of nitrogens with one attached hydrogen (secondary N) is 4. The number of carbonyl (C=O) groups excluding carboxylic acids is 3. The first kappa shape index (κ1) is 24.3. The summed E-state index contributed by atoms with van der Waals surface area (Å²) in [5.41, 5.74) is 2.49. The number of anilines is 2. The second-order valence-corrected chi connectivity index (χ2v) is 8.75. The number of aliphatic carboxylic acids is 1. The van der Waals surface area contributed by atoms with Crippen molar-refractivity contribution in [2.45, 2.75) is 39.2 Å². The Morgan fingerprint density at radius 2 is 1.88 bits per heavy atom. The highest BCUT2D eigenvalue weighted by molar-refractivity contribution is 7.13. The van der Waals surface area contributed by atoms with E-state index in [1.807, 2.05) is 19.1 Å². The minimum absolute atomic E-state index is 0.00599. The van der Waals surface area contributed by atoms with Gasteiger partial charge in [0.2, 0.25) is 5.91 Å². The monoisotopic (exact) mass is 473 g/mol. The van der Waals surface area contributed by atoms with E-state index < -0.39 is 12.0 Å². The summed E-state index contributed by atoms with van der Waals surface area (Å²) >= 11 is 1.20. The molecule has 33 heavy (non-hydrogen) atoms. The maximum absolute atomic E-state index is 12.9. The molecule has 1 saturated carbocycles. The molecule has 10 nitrogen and oxygen atoms in total. The van der Waals surface area contributed by atoms with Crippen molar-refractivity contribution in [3.8, 4) is 0 Å². The van der Waals surface area contributed by atoms with Crippen LogP contribution in [0.15, 0.2) is 23.6 Å². The van der Waals surface area contributed by atoms with Crippen molar-refractivity contribution in [3.05, 3.63) is 40.4 Å². The van der Waals surface area contributed by atoms with Crippen LogP contribution in [0.5, 0.6) is 0 Å². The fourth-order valence-corrected chi connectivity index (χ4v) is 4.32. The summed E-state index contributed by atoms with van der Waals surface area (Å²) in [4.78, 5) is 51.8. The maximum atomic E-state index is 12.9. The van der Waals surface area contributed by atoms with Gasteiger partial charge in [-0.25, -0.2) is 9.78 Å². The zero-order valence-corrected chi connectivity index (χ0v) is 19.1. The Kier molecular flexibility index (Phi) is 8.50. The van der Waals surface area contributed by atoms with Gasteiger partial charge in [-0.05, 0) is 31.9 Å². The van der Waals surface area contributed by atoms with E-state index in [9.17, 15) is 19.2 Å². The molecule has 1 aliphatic carbocycles. The van der Waals surface area contributed by atoms with Gasteiger partial charge >= 0.3 is 12.0 Å². The topological polar surface area (TPSA) is 150 Å². The number of hydrogen-bond donors (Lipinski definition) is 5. The number of carboxylic acid groups (broad SMARTS) is 1. The van der Waals surface area contributed by atoms with Gasteiger partial charge in [0.1, 0.15) is 0 Å². The average molecular weight is 474 g/mol. The van der Waals surface area contributed by atoms with Gasteiger partial charge in [-0.15, -0.1) is 11.3 Å². The molecule has 0 bridgehead atoms. The summed E-state index contributed by atoms with van der Waals surface area (Å²) in [6, 6.07) is 4.88. The zero-order valence-electron chi connectivity index (χ0n) is 18.3. The van der Waals surface area contributed by atoms with Crippen molar-refractivity contribution in [1.29, 1.82) is 0 Å². The van der Waals surface area contributed by atoms with Crippen molar-refractivity contribution in [3.63, 3.8) is 0 Å². The number of urea groups is 1. The molecular weight excluding hydrogens is 446 g/mol. The van der Waals surface area contributed by atoms with Gasteiger partial charge in [0.15, 0.2) is 10.9 Å². The van der Waals surface area contributed by atoms with Crippen molar-refractivity contribution in [2.75, 3.05) is 23.7 Å². The molecule has 0 unspecified atom stereocenters. The Bertz CT molecular complexity index is 1030. The SMILES string of the molecule is Cc1ccc(NC(=O)Nc2nc(CNC(=O)CNCC(=O)O)cs2)c(C(=O)C2CCCC2)c1. The number of Topliss-reactive ketones (excluding diaryl/α,β-unsaturated/α-hetero) is 1. The van der Waals surface area contributed by atoms with E-state index >= 15 is 0 Å². The van der Waals surface area contributed by atoms with Crippen molar-refractivity contribution in [1.82, 2.24) is 15.6 Å². The Morgan fingerprint density at radius 3 is 2.61 bits per heavy atom. The number of ketones is 1. The first-order valence-corrected chi connectivity index (χ1v) is 11.6. The lowest BCUT2D eigenvalue weighted by Crippen LogP contribution is -2.35. The summed E-state index contributed by atoms with van der Waals surface area (Å²) in [7, 11) is 0. The number of aryl methyl sites for hydroxylation is 1. The number of hydrogen-bond acceptors (Lipinski definition) is 7. The smallest absolute Gasteiger partial charge is 0.325 e. The molecule has 1 aliphatic rings. The number of rotatable bonds is 10. The first-order chi connectivity index (χ1) is 15.8. The van der Waals surface area contributed by atoms with Crippen LogP contribution >= 0.6 is 11.3 Å². The Labute approximate surface area is 195 Å². The molecule has 0 aliphatic heterocycles. The second-order valence-electron chi connectivity index (χ2n) is 7.89. The van der Waals surface area contributed by atoms with Crippen LogP contribution < -0.4 is 21.3 Å². The Balaban J connectivity index is 1.53. The predicted octanol–water partition coefficient (Wildman–Crippen LogP) is 2.76. The molecular formula is C22H27N5O5S. The van der Waals surface area contributed by atoms with Crippen molar-refractivity contribution < 1.29 is 24.3 Å². The van der Waals surface area contributed by atoms with Crippen LogP contribution in [-0.4, -0.2) is 46.9 Å². The molecule has 0 spiro atoms. The molecule has 0 saturated heterocycles.